The molecule has 5 heteroatoms. The molecule has 1 saturated heterocycles. The van der Waals surface area contributed by atoms with Crippen molar-refractivity contribution in [2.24, 2.45) is 0 Å². The van der Waals surface area contributed by atoms with Gasteiger partial charge in [-0.3, -0.25) is 10.1 Å². The van der Waals surface area contributed by atoms with Gasteiger partial charge in [0.25, 0.3) is 0 Å². The van der Waals surface area contributed by atoms with Gasteiger partial charge in [0.15, 0.2) is 0 Å². The number of nitrogens with zero attached hydrogens (tertiary/aromatic N) is 1. The summed E-state index contributed by atoms with van der Waals surface area (Å²) < 4.78 is 5.09. The Morgan fingerprint density at radius 3 is 3.19 bits per heavy atom. The van der Waals surface area contributed by atoms with Gasteiger partial charge in [0.1, 0.15) is 0 Å². The van der Waals surface area contributed by atoms with Gasteiger partial charge < -0.3 is 9.64 Å². The Hall–Kier alpha value is -0.520. The molecule has 1 atom stereocenters. The smallest absolute Gasteiger partial charge is 0.240 e. The van der Waals surface area contributed by atoms with Crippen LogP contribution in [-0.4, -0.2) is 55.3 Å². The predicted octanol–water partition coefficient (Wildman–Crippen LogP) is 0.454. The average molecular weight is 242 g/mol. The van der Waals surface area contributed by atoms with Crippen LogP contribution in [0.2, 0.25) is 0 Å². The number of methoxy groups -OCH3 is 1. The van der Waals surface area contributed by atoms with Crippen LogP contribution in [0, 0.1) is 0 Å². The summed E-state index contributed by atoms with van der Waals surface area (Å²) in [6, 6.07) is 0.0300. The van der Waals surface area contributed by atoms with Gasteiger partial charge in [0.2, 0.25) is 5.91 Å². The molecular weight excluding hydrogens is 224 g/mol. The van der Waals surface area contributed by atoms with E-state index in [1.807, 2.05) is 4.90 Å². The molecule has 2 heterocycles. The standard InChI is InChI=1S/C11H18N2O2S/c1-15-6-9-2-4-13(5-3-9)11(14)10-7-16-8-12-10/h2,10,12H,3-8H2,1H3. The Balaban J connectivity index is 1.85. The van der Waals surface area contributed by atoms with E-state index >= 15 is 0 Å². The first-order valence-electron chi connectivity index (χ1n) is 5.58. The Kier molecular flexibility index (Phi) is 4.26. The van der Waals surface area contributed by atoms with Gasteiger partial charge in [-0.15, -0.1) is 11.8 Å². The van der Waals surface area contributed by atoms with E-state index in [2.05, 4.69) is 11.4 Å². The fraction of sp³-hybridized carbons (Fsp3) is 0.727. The molecule has 1 N–H and O–H groups in total. The molecule has 1 unspecified atom stereocenters. The zero-order valence-corrected chi connectivity index (χ0v) is 10.4. The third-order valence-electron chi connectivity index (χ3n) is 2.96. The van der Waals surface area contributed by atoms with Gasteiger partial charge >= 0.3 is 0 Å². The molecule has 0 aromatic heterocycles. The fourth-order valence-electron chi connectivity index (χ4n) is 2.00. The zero-order chi connectivity index (χ0) is 11.4. The number of amides is 1. The SMILES string of the molecule is COCC1=CCN(C(=O)C2CSCN2)CC1. The molecule has 1 fully saturated rings. The van der Waals surface area contributed by atoms with Gasteiger partial charge in [-0.05, 0) is 12.0 Å². The fourth-order valence-corrected chi connectivity index (χ4v) is 2.94. The molecule has 4 nitrogen and oxygen atoms in total. The van der Waals surface area contributed by atoms with Crippen molar-refractivity contribution in [3.05, 3.63) is 11.6 Å². The molecule has 0 aromatic rings. The van der Waals surface area contributed by atoms with Crippen LogP contribution in [0.25, 0.3) is 0 Å². The van der Waals surface area contributed by atoms with E-state index < -0.39 is 0 Å². The van der Waals surface area contributed by atoms with Gasteiger partial charge in [-0.1, -0.05) is 6.08 Å². The van der Waals surface area contributed by atoms with Crippen molar-refractivity contribution in [1.29, 1.82) is 0 Å². The van der Waals surface area contributed by atoms with Gasteiger partial charge in [0, 0.05) is 31.8 Å². The van der Waals surface area contributed by atoms with Crippen LogP contribution in [0.15, 0.2) is 11.6 Å². The summed E-state index contributed by atoms with van der Waals surface area (Å²) in [5, 5.41) is 3.22. The number of carbonyl (C=O) groups is 1. The van der Waals surface area contributed by atoms with E-state index in [1.165, 1.54) is 5.57 Å². The van der Waals surface area contributed by atoms with E-state index in [0.29, 0.717) is 6.61 Å². The maximum atomic E-state index is 12.1. The van der Waals surface area contributed by atoms with Crippen LogP contribution in [0.4, 0.5) is 0 Å². The highest BCUT2D eigenvalue weighted by Crippen LogP contribution is 2.16. The lowest BCUT2D eigenvalue weighted by Crippen LogP contribution is -2.46. The monoisotopic (exact) mass is 242 g/mol. The van der Waals surface area contributed by atoms with Crippen LogP contribution < -0.4 is 5.32 Å². The van der Waals surface area contributed by atoms with Crippen molar-refractivity contribution in [3.8, 4) is 0 Å². The van der Waals surface area contributed by atoms with Crippen LogP contribution >= 0.6 is 11.8 Å². The quantitative estimate of drug-likeness (QED) is 0.730. The second-order valence-corrected chi connectivity index (χ2v) is 5.13. The third-order valence-corrected chi connectivity index (χ3v) is 3.90. The lowest BCUT2D eigenvalue weighted by molar-refractivity contribution is -0.132. The average Bonchev–Trinajstić information content (AvgIpc) is 2.83. The maximum absolute atomic E-state index is 12.1. The first-order chi connectivity index (χ1) is 7.81. The summed E-state index contributed by atoms with van der Waals surface area (Å²) in [6.07, 6.45) is 3.06. The number of hydrogen-bond acceptors (Lipinski definition) is 4. The molecule has 2 rings (SSSR count). The molecule has 1 amide bonds. The maximum Gasteiger partial charge on any atom is 0.240 e. The molecule has 16 heavy (non-hydrogen) atoms. The van der Waals surface area contributed by atoms with Crippen molar-refractivity contribution >= 4 is 17.7 Å². The molecule has 0 aliphatic carbocycles. The van der Waals surface area contributed by atoms with Crippen LogP contribution in [-0.2, 0) is 9.53 Å². The van der Waals surface area contributed by atoms with E-state index in [1.54, 1.807) is 18.9 Å². The zero-order valence-electron chi connectivity index (χ0n) is 9.57. The van der Waals surface area contributed by atoms with Crippen molar-refractivity contribution in [3.63, 3.8) is 0 Å². The first kappa shape index (κ1) is 12.0. The minimum absolute atomic E-state index is 0.0300. The summed E-state index contributed by atoms with van der Waals surface area (Å²) in [5.41, 5.74) is 1.31. The summed E-state index contributed by atoms with van der Waals surface area (Å²) in [5.74, 6) is 2.05. The molecule has 0 spiro atoms. The van der Waals surface area contributed by atoms with Crippen molar-refractivity contribution in [2.75, 3.05) is 38.4 Å². The number of rotatable bonds is 3. The lowest BCUT2D eigenvalue weighted by atomic mass is 10.1. The van der Waals surface area contributed by atoms with Gasteiger partial charge in [-0.25, -0.2) is 0 Å². The number of ether oxygens (including phenoxy) is 1. The minimum atomic E-state index is 0.0300. The van der Waals surface area contributed by atoms with E-state index in [9.17, 15) is 4.79 Å². The van der Waals surface area contributed by atoms with Crippen LogP contribution in [0.1, 0.15) is 6.42 Å². The summed E-state index contributed by atoms with van der Waals surface area (Å²) in [4.78, 5) is 14.0. The normalized spacial score (nSPS) is 25.7. The number of thioether (sulfide) groups is 1. The Bertz CT molecular complexity index is 288. The van der Waals surface area contributed by atoms with E-state index in [-0.39, 0.29) is 11.9 Å². The molecule has 0 radical (unpaired) electrons. The highest BCUT2D eigenvalue weighted by molar-refractivity contribution is 7.99. The largest absolute Gasteiger partial charge is 0.380 e. The Labute approximate surface area is 100 Å². The van der Waals surface area contributed by atoms with Gasteiger partial charge in [-0.2, -0.15) is 0 Å². The molecule has 2 aliphatic rings. The predicted molar refractivity (Wildman–Crippen MR) is 65.4 cm³/mol. The molecular formula is C11H18N2O2S. The van der Waals surface area contributed by atoms with Crippen LogP contribution in [0.3, 0.4) is 0 Å². The first-order valence-corrected chi connectivity index (χ1v) is 6.73. The number of carbonyl (C=O) groups excluding carboxylic acids is 1. The summed E-state index contributed by atoms with van der Waals surface area (Å²) >= 11 is 1.79. The molecule has 0 bridgehead atoms. The number of hydrogen-bond donors (Lipinski definition) is 1. The molecule has 0 saturated carbocycles. The second-order valence-electron chi connectivity index (χ2n) is 4.10. The molecule has 0 aromatic carbocycles. The number of nitrogens with one attached hydrogen (secondary N) is 1. The highest BCUT2D eigenvalue weighted by atomic mass is 32.2. The Morgan fingerprint density at radius 1 is 1.75 bits per heavy atom. The second kappa shape index (κ2) is 5.70. The van der Waals surface area contributed by atoms with Gasteiger partial charge in [0.05, 0.1) is 12.6 Å². The minimum Gasteiger partial charge on any atom is -0.380 e. The molecule has 2 aliphatic heterocycles. The lowest BCUT2D eigenvalue weighted by Gasteiger charge is -2.28. The topological polar surface area (TPSA) is 41.6 Å². The van der Waals surface area contributed by atoms with E-state index in [4.69, 9.17) is 4.74 Å². The van der Waals surface area contributed by atoms with Crippen molar-refractivity contribution in [1.82, 2.24) is 10.2 Å². The highest BCUT2D eigenvalue weighted by Gasteiger charge is 2.27. The summed E-state index contributed by atoms with van der Waals surface area (Å²) in [7, 11) is 1.71. The summed E-state index contributed by atoms with van der Waals surface area (Å²) in [6.45, 7) is 2.26. The van der Waals surface area contributed by atoms with E-state index in [0.717, 1.165) is 31.1 Å². The third kappa shape index (κ3) is 2.78. The Morgan fingerprint density at radius 2 is 2.62 bits per heavy atom. The molecule has 90 valence electrons. The van der Waals surface area contributed by atoms with Crippen molar-refractivity contribution < 1.29 is 9.53 Å². The van der Waals surface area contributed by atoms with Crippen molar-refractivity contribution in [2.45, 2.75) is 12.5 Å². The van der Waals surface area contributed by atoms with Crippen LogP contribution in [0.5, 0.6) is 0 Å².